The van der Waals surface area contributed by atoms with Gasteiger partial charge in [0.1, 0.15) is 0 Å². The van der Waals surface area contributed by atoms with Crippen LogP contribution in [0.1, 0.15) is 37.2 Å². The Morgan fingerprint density at radius 3 is 2.80 bits per heavy atom. The summed E-state index contributed by atoms with van der Waals surface area (Å²) < 4.78 is 0. The Bertz CT molecular complexity index is 442. The molecule has 2 unspecified atom stereocenters. The maximum atomic E-state index is 11.9. The van der Waals surface area contributed by atoms with Gasteiger partial charge in [-0.25, -0.2) is 0 Å². The molecule has 0 saturated carbocycles. The highest BCUT2D eigenvalue weighted by Gasteiger charge is 2.16. The van der Waals surface area contributed by atoms with Crippen molar-refractivity contribution in [2.45, 2.75) is 31.6 Å². The van der Waals surface area contributed by atoms with Crippen molar-refractivity contribution in [1.82, 2.24) is 5.32 Å². The van der Waals surface area contributed by atoms with E-state index in [0.717, 1.165) is 12.8 Å². The number of carbonyl (C=O) groups excluding carboxylic acids is 1. The number of aliphatic hydroxyl groups is 1. The molecule has 0 radical (unpaired) electrons. The molecule has 0 heterocycles. The maximum absolute atomic E-state index is 11.9. The highest BCUT2D eigenvalue weighted by molar-refractivity contribution is 5.76. The molecule has 3 heteroatoms. The van der Waals surface area contributed by atoms with Crippen LogP contribution in [0.15, 0.2) is 42.5 Å². The van der Waals surface area contributed by atoms with Crippen LogP contribution in [0.4, 0.5) is 0 Å². The van der Waals surface area contributed by atoms with Crippen LogP contribution in [-0.4, -0.2) is 24.2 Å². The summed E-state index contributed by atoms with van der Waals surface area (Å²) in [6.07, 6.45) is 7.73. The van der Waals surface area contributed by atoms with E-state index in [1.165, 1.54) is 5.56 Å². The number of hydrogen-bond donors (Lipinski definition) is 2. The quantitative estimate of drug-likeness (QED) is 0.750. The Kier molecular flexibility index (Phi) is 5.81. The van der Waals surface area contributed by atoms with Crippen LogP contribution >= 0.6 is 0 Å². The number of aliphatic hydroxyl groups excluding tert-OH is 1. The molecule has 2 rings (SSSR count). The van der Waals surface area contributed by atoms with E-state index in [1.54, 1.807) is 0 Å². The molecule has 0 saturated heterocycles. The Hall–Kier alpha value is -1.61. The Balaban J connectivity index is 1.82. The van der Waals surface area contributed by atoms with E-state index < -0.39 is 0 Å². The van der Waals surface area contributed by atoms with Crippen molar-refractivity contribution in [3.8, 4) is 0 Å². The number of hydrogen-bond acceptors (Lipinski definition) is 2. The molecular weight excluding hydrogens is 250 g/mol. The first kappa shape index (κ1) is 14.8. The van der Waals surface area contributed by atoms with Crippen molar-refractivity contribution >= 4 is 5.91 Å². The summed E-state index contributed by atoms with van der Waals surface area (Å²) in [6.45, 7) is 0.737. The highest BCUT2D eigenvalue weighted by atomic mass is 16.3. The molecule has 0 bridgehead atoms. The van der Waals surface area contributed by atoms with Crippen LogP contribution in [0.25, 0.3) is 0 Å². The van der Waals surface area contributed by atoms with Crippen LogP contribution in [0.3, 0.4) is 0 Å². The van der Waals surface area contributed by atoms with E-state index >= 15 is 0 Å². The predicted octanol–water partition coefficient (Wildman–Crippen LogP) is 2.63. The van der Waals surface area contributed by atoms with Crippen LogP contribution in [0, 0.1) is 5.92 Å². The summed E-state index contributed by atoms with van der Waals surface area (Å²) >= 11 is 0. The molecule has 1 aliphatic rings. The van der Waals surface area contributed by atoms with Crippen molar-refractivity contribution < 1.29 is 9.90 Å². The van der Waals surface area contributed by atoms with Gasteiger partial charge in [-0.2, -0.15) is 0 Å². The van der Waals surface area contributed by atoms with Crippen molar-refractivity contribution in [3.05, 3.63) is 48.0 Å². The van der Waals surface area contributed by atoms with Crippen LogP contribution < -0.4 is 5.32 Å². The molecule has 108 valence electrons. The lowest BCUT2D eigenvalue weighted by Gasteiger charge is -2.17. The molecule has 1 aromatic rings. The lowest BCUT2D eigenvalue weighted by molar-refractivity contribution is -0.121. The van der Waals surface area contributed by atoms with E-state index in [0.29, 0.717) is 25.3 Å². The number of carbonyl (C=O) groups is 1. The number of benzene rings is 1. The molecule has 20 heavy (non-hydrogen) atoms. The van der Waals surface area contributed by atoms with Crippen LogP contribution in [0.2, 0.25) is 0 Å². The third kappa shape index (κ3) is 4.49. The van der Waals surface area contributed by atoms with Gasteiger partial charge >= 0.3 is 0 Å². The van der Waals surface area contributed by atoms with Gasteiger partial charge in [-0.15, -0.1) is 0 Å². The van der Waals surface area contributed by atoms with Crippen LogP contribution in [0.5, 0.6) is 0 Å². The van der Waals surface area contributed by atoms with Crippen LogP contribution in [-0.2, 0) is 4.79 Å². The summed E-state index contributed by atoms with van der Waals surface area (Å²) in [5.74, 6) is 0.702. The van der Waals surface area contributed by atoms with Gasteiger partial charge in [0.25, 0.3) is 0 Å². The van der Waals surface area contributed by atoms with Crippen molar-refractivity contribution in [2.75, 3.05) is 13.2 Å². The average Bonchev–Trinajstić information content (AvgIpc) is 2.97. The fraction of sp³-hybridized carbons (Fsp3) is 0.471. The predicted molar refractivity (Wildman–Crippen MR) is 80.4 cm³/mol. The zero-order valence-electron chi connectivity index (χ0n) is 11.8. The van der Waals surface area contributed by atoms with Gasteiger partial charge in [-0.1, -0.05) is 42.5 Å². The molecule has 0 aromatic heterocycles. The van der Waals surface area contributed by atoms with E-state index in [-0.39, 0.29) is 18.4 Å². The van der Waals surface area contributed by atoms with Crippen molar-refractivity contribution in [2.24, 2.45) is 5.92 Å². The lowest BCUT2D eigenvalue weighted by Crippen LogP contribution is -2.29. The average molecular weight is 273 g/mol. The standard InChI is InChI=1S/C17H23NO2/c19-11-10-16(15-8-2-1-3-9-15)13-18-17(20)12-14-6-4-5-7-14/h1-4,6,8-9,14,16,19H,5,7,10-13H2,(H,18,20). The molecule has 2 atom stereocenters. The number of rotatable bonds is 7. The highest BCUT2D eigenvalue weighted by Crippen LogP contribution is 2.21. The minimum atomic E-state index is 0.112. The normalized spacial score (nSPS) is 18.9. The van der Waals surface area contributed by atoms with E-state index in [9.17, 15) is 9.90 Å². The first-order chi connectivity index (χ1) is 9.79. The van der Waals surface area contributed by atoms with Gasteiger partial charge in [0.15, 0.2) is 0 Å². The van der Waals surface area contributed by atoms with E-state index in [2.05, 4.69) is 17.5 Å². The van der Waals surface area contributed by atoms with Gasteiger partial charge in [-0.3, -0.25) is 4.79 Å². The number of allylic oxidation sites excluding steroid dienone is 2. The first-order valence-electron chi connectivity index (χ1n) is 7.38. The Morgan fingerprint density at radius 1 is 1.35 bits per heavy atom. The maximum Gasteiger partial charge on any atom is 0.220 e. The molecule has 3 nitrogen and oxygen atoms in total. The second-order valence-corrected chi connectivity index (χ2v) is 5.39. The minimum absolute atomic E-state index is 0.112. The van der Waals surface area contributed by atoms with Gasteiger partial charge in [0.05, 0.1) is 0 Å². The second kappa shape index (κ2) is 7.85. The van der Waals surface area contributed by atoms with Gasteiger partial charge in [0.2, 0.25) is 5.91 Å². The minimum Gasteiger partial charge on any atom is -0.396 e. The summed E-state index contributed by atoms with van der Waals surface area (Å²) in [5, 5.41) is 12.2. The topological polar surface area (TPSA) is 49.3 Å². The zero-order valence-corrected chi connectivity index (χ0v) is 11.8. The molecule has 2 N–H and O–H groups in total. The van der Waals surface area contributed by atoms with E-state index in [1.807, 2.05) is 30.3 Å². The third-order valence-electron chi connectivity index (χ3n) is 3.85. The monoisotopic (exact) mass is 273 g/mol. The SMILES string of the molecule is O=C(CC1C=CCC1)NCC(CCO)c1ccccc1. The molecular formula is C17H23NO2. The summed E-state index contributed by atoms with van der Waals surface area (Å²) in [4.78, 5) is 11.9. The fourth-order valence-electron chi connectivity index (χ4n) is 2.68. The summed E-state index contributed by atoms with van der Waals surface area (Å²) in [7, 11) is 0. The first-order valence-corrected chi connectivity index (χ1v) is 7.38. The fourth-order valence-corrected chi connectivity index (χ4v) is 2.68. The summed E-state index contributed by atoms with van der Waals surface area (Å²) in [6, 6.07) is 10.1. The van der Waals surface area contributed by atoms with Gasteiger partial charge in [-0.05, 0) is 30.7 Å². The van der Waals surface area contributed by atoms with Gasteiger partial charge < -0.3 is 10.4 Å². The molecule has 0 aliphatic heterocycles. The molecule has 1 aliphatic carbocycles. The Labute approximate surface area is 120 Å². The van der Waals surface area contributed by atoms with E-state index in [4.69, 9.17) is 0 Å². The number of amides is 1. The van der Waals surface area contributed by atoms with Gasteiger partial charge in [0, 0.05) is 25.5 Å². The summed E-state index contributed by atoms with van der Waals surface area (Å²) in [5.41, 5.74) is 1.17. The van der Waals surface area contributed by atoms with Crippen molar-refractivity contribution in [1.29, 1.82) is 0 Å². The molecule has 1 aromatic carbocycles. The lowest BCUT2D eigenvalue weighted by atomic mass is 9.96. The van der Waals surface area contributed by atoms with Crippen molar-refractivity contribution in [3.63, 3.8) is 0 Å². The largest absolute Gasteiger partial charge is 0.396 e. The smallest absolute Gasteiger partial charge is 0.220 e. The molecule has 0 spiro atoms. The molecule has 1 amide bonds. The third-order valence-corrected chi connectivity index (χ3v) is 3.85. The second-order valence-electron chi connectivity index (χ2n) is 5.39. The molecule has 0 fully saturated rings. The zero-order chi connectivity index (χ0) is 14.2. The number of nitrogens with one attached hydrogen (secondary N) is 1. The Morgan fingerprint density at radius 2 is 2.15 bits per heavy atom.